The van der Waals surface area contributed by atoms with E-state index in [1.54, 1.807) is 0 Å². The maximum atomic E-state index is 5.81. The third kappa shape index (κ3) is 2.56. The third-order valence-electron chi connectivity index (χ3n) is 2.55. The average Bonchev–Trinajstić information content (AvgIpc) is 2.27. The first-order valence-corrected chi connectivity index (χ1v) is 5.87. The summed E-state index contributed by atoms with van der Waals surface area (Å²) >= 11 is 0. The minimum atomic E-state index is 0.146. The highest BCUT2D eigenvalue weighted by molar-refractivity contribution is 5.85. The largest absolute Gasteiger partial charge is 0.490 e. The van der Waals surface area contributed by atoms with Gasteiger partial charge in [0, 0.05) is 18.0 Å². The molecule has 1 aromatic carbocycles. The van der Waals surface area contributed by atoms with Crippen molar-refractivity contribution in [2.45, 2.75) is 33.4 Å². The molecule has 0 aliphatic rings. The van der Waals surface area contributed by atoms with Crippen molar-refractivity contribution >= 4 is 10.9 Å². The smallest absolute Gasteiger partial charge is 0.130 e. The number of pyridine rings is 1. The van der Waals surface area contributed by atoms with E-state index in [0.717, 1.165) is 22.3 Å². The van der Waals surface area contributed by atoms with Gasteiger partial charge in [0.1, 0.15) is 5.75 Å². The lowest BCUT2D eigenvalue weighted by molar-refractivity contribution is 0.245. The molecule has 0 aliphatic heterocycles. The Morgan fingerprint density at radius 1 is 1.29 bits per heavy atom. The quantitative estimate of drug-likeness (QED) is 0.882. The van der Waals surface area contributed by atoms with Crippen LogP contribution in [-0.4, -0.2) is 11.1 Å². The lowest BCUT2D eigenvalue weighted by Crippen LogP contribution is -2.08. The van der Waals surface area contributed by atoms with E-state index >= 15 is 0 Å². The van der Waals surface area contributed by atoms with Crippen LogP contribution in [0.3, 0.4) is 0 Å². The monoisotopic (exact) mass is 230 g/mol. The van der Waals surface area contributed by atoms with Crippen LogP contribution in [0.15, 0.2) is 24.3 Å². The Balaban J connectivity index is 2.62. The Kier molecular flexibility index (Phi) is 3.29. The van der Waals surface area contributed by atoms with Crippen molar-refractivity contribution in [3.8, 4) is 5.75 Å². The minimum absolute atomic E-state index is 0.146. The number of hydrogen-bond acceptors (Lipinski definition) is 3. The van der Waals surface area contributed by atoms with Gasteiger partial charge in [-0.3, -0.25) is 4.98 Å². The highest BCUT2D eigenvalue weighted by Crippen LogP contribution is 2.27. The van der Waals surface area contributed by atoms with Crippen LogP contribution in [-0.2, 0) is 6.54 Å². The second-order valence-corrected chi connectivity index (χ2v) is 4.50. The zero-order valence-corrected chi connectivity index (χ0v) is 10.5. The fourth-order valence-corrected chi connectivity index (χ4v) is 1.81. The molecule has 0 saturated heterocycles. The predicted octanol–water partition coefficient (Wildman–Crippen LogP) is 2.79. The Labute approximate surface area is 102 Å². The topological polar surface area (TPSA) is 48.1 Å². The molecule has 3 heteroatoms. The standard InChI is InChI=1S/C14H18N2O/c1-9(2)17-14-7-11(8-15)16-13-6-10(3)4-5-12(13)14/h4-7,9H,8,15H2,1-3H3. The van der Waals surface area contributed by atoms with E-state index < -0.39 is 0 Å². The molecule has 0 fully saturated rings. The molecular formula is C14H18N2O. The van der Waals surface area contributed by atoms with E-state index in [9.17, 15) is 0 Å². The van der Waals surface area contributed by atoms with Gasteiger partial charge in [-0.2, -0.15) is 0 Å². The third-order valence-corrected chi connectivity index (χ3v) is 2.55. The summed E-state index contributed by atoms with van der Waals surface area (Å²) in [5.74, 6) is 0.866. The molecule has 0 saturated carbocycles. The van der Waals surface area contributed by atoms with Crippen LogP contribution in [0.5, 0.6) is 5.75 Å². The number of benzene rings is 1. The first-order valence-electron chi connectivity index (χ1n) is 5.87. The second kappa shape index (κ2) is 4.72. The van der Waals surface area contributed by atoms with Crippen LogP contribution < -0.4 is 10.5 Å². The summed E-state index contributed by atoms with van der Waals surface area (Å²) in [7, 11) is 0. The molecule has 0 atom stereocenters. The summed E-state index contributed by atoms with van der Waals surface area (Å²) in [5.41, 5.74) is 8.66. The number of nitrogens with zero attached hydrogens (tertiary/aromatic N) is 1. The zero-order chi connectivity index (χ0) is 12.4. The summed E-state index contributed by atoms with van der Waals surface area (Å²) in [5, 5.41) is 1.04. The van der Waals surface area contributed by atoms with Gasteiger partial charge in [0.2, 0.25) is 0 Å². The number of nitrogens with two attached hydrogens (primary N) is 1. The molecule has 0 radical (unpaired) electrons. The van der Waals surface area contributed by atoms with Gasteiger partial charge in [-0.25, -0.2) is 0 Å². The Morgan fingerprint density at radius 2 is 2.06 bits per heavy atom. The van der Waals surface area contributed by atoms with Crippen LogP contribution in [0, 0.1) is 6.92 Å². The molecule has 1 aromatic heterocycles. The molecule has 90 valence electrons. The predicted molar refractivity (Wildman–Crippen MR) is 70.1 cm³/mol. The number of rotatable bonds is 3. The van der Waals surface area contributed by atoms with Crippen molar-refractivity contribution in [2.24, 2.45) is 5.73 Å². The van der Waals surface area contributed by atoms with E-state index in [0.29, 0.717) is 6.54 Å². The Hall–Kier alpha value is -1.61. The van der Waals surface area contributed by atoms with Crippen LogP contribution >= 0.6 is 0 Å². The first kappa shape index (κ1) is 11.9. The fraction of sp³-hybridized carbons (Fsp3) is 0.357. The summed E-state index contributed by atoms with van der Waals surface area (Å²) < 4.78 is 5.81. The van der Waals surface area contributed by atoms with E-state index in [1.165, 1.54) is 5.56 Å². The lowest BCUT2D eigenvalue weighted by atomic mass is 10.1. The molecule has 1 heterocycles. The number of fused-ring (bicyclic) bond motifs is 1. The molecule has 2 N–H and O–H groups in total. The Morgan fingerprint density at radius 3 is 2.71 bits per heavy atom. The van der Waals surface area contributed by atoms with Crippen molar-refractivity contribution in [3.05, 3.63) is 35.5 Å². The van der Waals surface area contributed by atoms with Crippen LogP contribution in [0.1, 0.15) is 25.1 Å². The molecular weight excluding hydrogens is 212 g/mol. The number of ether oxygens (including phenoxy) is 1. The second-order valence-electron chi connectivity index (χ2n) is 4.50. The van der Waals surface area contributed by atoms with Crippen molar-refractivity contribution < 1.29 is 4.74 Å². The van der Waals surface area contributed by atoms with E-state index in [-0.39, 0.29) is 6.10 Å². The van der Waals surface area contributed by atoms with E-state index in [1.807, 2.05) is 19.9 Å². The Bertz CT molecular complexity index is 535. The summed E-state index contributed by atoms with van der Waals surface area (Å²) in [6, 6.07) is 8.11. The summed E-state index contributed by atoms with van der Waals surface area (Å²) in [6.07, 6.45) is 0.146. The van der Waals surface area contributed by atoms with Crippen LogP contribution in [0.2, 0.25) is 0 Å². The lowest BCUT2D eigenvalue weighted by Gasteiger charge is -2.13. The van der Waals surface area contributed by atoms with Gasteiger partial charge < -0.3 is 10.5 Å². The van der Waals surface area contributed by atoms with Gasteiger partial charge >= 0.3 is 0 Å². The highest BCUT2D eigenvalue weighted by atomic mass is 16.5. The number of aryl methyl sites for hydroxylation is 1. The summed E-state index contributed by atoms with van der Waals surface area (Å²) in [6.45, 7) is 6.52. The van der Waals surface area contributed by atoms with Crippen molar-refractivity contribution in [3.63, 3.8) is 0 Å². The van der Waals surface area contributed by atoms with Crippen LogP contribution in [0.25, 0.3) is 10.9 Å². The van der Waals surface area contributed by atoms with Crippen molar-refractivity contribution in [1.29, 1.82) is 0 Å². The van der Waals surface area contributed by atoms with Gasteiger partial charge in [0.05, 0.1) is 17.3 Å². The molecule has 0 bridgehead atoms. The summed E-state index contributed by atoms with van der Waals surface area (Å²) in [4.78, 5) is 4.52. The van der Waals surface area contributed by atoms with Crippen molar-refractivity contribution in [2.75, 3.05) is 0 Å². The fourth-order valence-electron chi connectivity index (χ4n) is 1.81. The van der Waals surface area contributed by atoms with Gasteiger partial charge in [0.25, 0.3) is 0 Å². The number of hydrogen-bond donors (Lipinski definition) is 1. The highest BCUT2D eigenvalue weighted by Gasteiger charge is 2.08. The maximum absolute atomic E-state index is 5.81. The molecule has 0 unspecified atom stereocenters. The average molecular weight is 230 g/mol. The van der Waals surface area contributed by atoms with Crippen LogP contribution in [0.4, 0.5) is 0 Å². The van der Waals surface area contributed by atoms with E-state index in [4.69, 9.17) is 10.5 Å². The molecule has 17 heavy (non-hydrogen) atoms. The van der Waals surface area contributed by atoms with Gasteiger partial charge in [-0.05, 0) is 38.5 Å². The molecule has 0 aliphatic carbocycles. The molecule has 0 spiro atoms. The maximum Gasteiger partial charge on any atom is 0.130 e. The molecule has 3 nitrogen and oxygen atoms in total. The molecule has 2 rings (SSSR count). The SMILES string of the molecule is Cc1ccc2c(OC(C)C)cc(CN)nc2c1. The van der Waals surface area contributed by atoms with Gasteiger partial charge in [0.15, 0.2) is 0 Å². The van der Waals surface area contributed by atoms with Crippen molar-refractivity contribution in [1.82, 2.24) is 4.98 Å². The molecule has 0 amide bonds. The zero-order valence-electron chi connectivity index (χ0n) is 10.5. The number of aromatic nitrogens is 1. The van der Waals surface area contributed by atoms with E-state index in [2.05, 4.69) is 30.1 Å². The normalized spacial score (nSPS) is 11.1. The van der Waals surface area contributed by atoms with Gasteiger partial charge in [-0.1, -0.05) is 6.07 Å². The molecule has 2 aromatic rings. The minimum Gasteiger partial charge on any atom is -0.490 e. The first-order chi connectivity index (χ1) is 8.10. The van der Waals surface area contributed by atoms with Gasteiger partial charge in [-0.15, -0.1) is 0 Å².